The zero-order chi connectivity index (χ0) is 14.8. The summed E-state index contributed by atoms with van der Waals surface area (Å²) in [6.45, 7) is 3.07. The Morgan fingerprint density at radius 2 is 2.33 bits per heavy atom. The van der Waals surface area contributed by atoms with Gasteiger partial charge in [0.05, 0.1) is 12.6 Å². The van der Waals surface area contributed by atoms with Gasteiger partial charge in [0.1, 0.15) is 11.5 Å². The van der Waals surface area contributed by atoms with Crippen molar-refractivity contribution in [2.45, 2.75) is 32.4 Å². The van der Waals surface area contributed by atoms with Crippen LogP contribution in [-0.2, 0) is 6.54 Å². The highest BCUT2D eigenvalue weighted by atomic mass is 16.5. The number of carbonyl (C=O) groups is 1. The maximum Gasteiger partial charge on any atom is 0.295 e. The van der Waals surface area contributed by atoms with E-state index in [0.717, 1.165) is 19.4 Å². The molecule has 1 saturated heterocycles. The number of amides is 1. The molecule has 0 aliphatic carbocycles. The Labute approximate surface area is 121 Å². The first-order valence-corrected chi connectivity index (χ1v) is 6.88. The molecule has 0 saturated carbocycles. The van der Waals surface area contributed by atoms with Crippen molar-refractivity contribution in [2.24, 2.45) is 0 Å². The van der Waals surface area contributed by atoms with Crippen LogP contribution in [-0.4, -0.2) is 39.7 Å². The summed E-state index contributed by atoms with van der Waals surface area (Å²) in [4.78, 5) is 17.9. The van der Waals surface area contributed by atoms with E-state index in [-0.39, 0.29) is 17.8 Å². The first kappa shape index (κ1) is 13.7. The Kier molecular flexibility index (Phi) is 3.70. The van der Waals surface area contributed by atoms with Crippen molar-refractivity contribution in [3.05, 3.63) is 29.2 Å². The predicted molar refractivity (Wildman–Crippen MR) is 71.3 cm³/mol. The van der Waals surface area contributed by atoms with Crippen molar-refractivity contribution >= 4 is 5.91 Å². The molecule has 2 aromatic rings. The van der Waals surface area contributed by atoms with Crippen molar-refractivity contribution in [1.82, 2.24) is 25.5 Å². The molecule has 1 amide bonds. The van der Waals surface area contributed by atoms with Crippen LogP contribution in [0.5, 0.6) is 0 Å². The minimum Gasteiger partial charge on any atom is -0.361 e. The van der Waals surface area contributed by atoms with E-state index in [1.54, 1.807) is 20.0 Å². The van der Waals surface area contributed by atoms with Crippen molar-refractivity contribution in [3.63, 3.8) is 0 Å². The summed E-state index contributed by atoms with van der Waals surface area (Å²) >= 11 is 0. The van der Waals surface area contributed by atoms with Gasteiger partial charge in [-0.1, -0.05) is 10.3 Å². The fourth-order valence-electron chi connectivity index (χ4n) is 2.34. The maximum atomic E-state index is 12.2. The largest absolute Gasteiger partial charge is 0.361 e. The molecule has 3 rings (SSSR count). The Balaban J connectivity index is 1.66. The first-order chi connectivity index (χ1) is 10.1. The average molecular weight is 291 g/mol. The van der Waals surface area contributed by atoms with Crippen molar-refractivity contribution in [1.29, 1.82) is 0 Å². The van der Waals surface area contributed by atoms with Gasteiger partial charge in [-0.15, -0.1) is 0 Å². The van der Waals surface area contributed by atoms with Gasteiger partial charge in [-0.3, -0.25) is 4.79 Å². The van der Waals surface area contributed by atoms with Gasteiger partial charge in [-0.05, 0) is 26.3 Å². The zero-order valence-corrected chi connectivity index (χ0v) is 12.0. The molecule has 21 heavy (non-hydrogen) atoms. The number of nitrogens with one attached hydrogen (secondary N) is 1. The number of nitrogens with zero attached hydrogens (tertiary/aromatic N) is 4. The van der Waals surface area contributed by atoms with E-state index in [1.165, 1.54) is 4.90 Å². The fraction of sp³-hybridized carbons (Fsp3) is 0.538. The Morgan fingerprint density at radius 1 is 1.48 bits per heavy atom. The van der Waals surface area contributed by atoms with Crippen LogP contribution in [0, 0.1) is 6.92 Å². The summed E-state index contributed by atoms with van der Waals surface area (Å²) < 4.78 is 10.1. The standard InChI is InChI=1S/C13H17N5O3/c1-8-6-9(16-20-8)7-18(2)13(19)11-15-12(21-17-11)10-4-3-5-14-10/h6,10,14H,3-5,7H2,1-2H3. The minimum atomic E-state index is -0.302. The predicted octanol–water partition coefficient (Wildman–Crippen LogP) is 1.06. The lowest BCUT2D eigenvalue weighted by molar-refractivity contribution is 0.0766. The highest BCUT2D eigenvalue weighted by Gasteiger charge is 2.25. The molecule has 1 atom stereocenters. The molecule has 1 aliphatic rings. The molecule has 0 radical (unpaired) electrons. The number of aryl methyl sites for hydroxylation is 1. The molecule has 1 fully saturated rings. The van der Waals surface area contributed by atoms with Crippen LogP contribution in [0.2, 0.25) is 0 Å². The average Bonchev–Trinajstić information content (AvgIpc) is 3.18. The van der Waals surface area contributed by atoms with Crippen molar-refractivity contribution in [2.75, 3.05) is 13.6 Å². The molecule has 8 heteroatoms. The van der Waals surface area contributed by atoms with Crippen molar-refractivity contribution < 1.29 is 13.8 Å². The second-order valence-corrected chi connectivity index (χ2v) is 5.20. The topological polar surface area (TPSA) is 97.3 Å². The van der Waals surface area contributed by atoms with Gasteiger partial charge in [0.15, 0.2) is 0 Å². The normalized spacial score (nSPS) is 18.1. The monoisotopic (exact) mass is 291 g/mol. The third kappa shape index (κ3) is 2.94. The van der Waals surface area contributed by atoms with Gasteiger partial charge in [0.25, 0.3) is 11.7 Å². The molecule has 1 unspecified atom stereocenters. The number of carbonyl (C=O) groups excluding carboxylic acids is 1. The minimum absolute atomic E-state index is 0.0579. The van der Waals surface area contributed by atoms with Crippen LogP contribution in [0.25, 0.3) is 0 Å². The van der Waals surface area contributed by atoms with Gasteiger partial charge >= 0.3 is 0 Å². The molecule has 1 N–H and O–H groups in total. The highest BCUT2D eigenvalue weighted by Crippen LogP contribution is 2.21. The van der Waals surface area contributed by atoms with E-state index < -0.39 is 0 Å². The maximum absolute atomic E-state index is 12.2. The van der Waals surface area contributed by atoms with E-state index in [1.807, 2.05) is 0 Å². The lowest BCUT2D eigenvalue weighted by Crippen LogP contribution is -2.27. The van der Waals surface area contributed by atoms with Crippen LogP contribution in [0.4, 0.5) is 0 Å². The highest BCUT2D eigenvalue weighted by molar-refractivity contribution is 5.90. The van der Waals surface area contributed by atoms with Gasteiger partial charge in [0, 0.05) is 13.1 Å². The molecule has 8 nitrogen and oxygen atoms in total. The lowest BCUT2D eigenvalue weighted by Gasteiger charge is -2.12. The number of hydrogen-bond acceptors (Lipinski definition) is 7. The van der Waals surface area contributed by atoms with E-state index in [9.17, 15) is 4.79 Å². The summed E-state index contributed by atoms with van der Waals surface area (Å²) in [6, 6.07) is 1.84. The molecular weight excluding hydrogens is 274 g/mol. The third-order valence-corrected chi connectivity index (χ3v) is 3.41. The van der Waals surface area contributed by atoms with E-state index in [2.05, 4.69) is 20.6 Å². The van der Waals surface area contributed by atoms with E-state index in [0.29, 0.717) is 23.9 Å². The van der Waals surface area contributed by atoms with E-state index in [4.69, 9.17) is 9.05 Å². The summed E-state index contributed by atoms with van der Waals surface area (Å²) in [5.74, 6) is 0.951. The Morgan fingerprint density at radius 3 is 3.00 bits per heavy atom. The Hall–Kier alpha value is -2.22. The molecule has 112 valence electrons. The van der Waals surface area contributed by atoms with Crippen molar-refractivity contribution in [3.8, 4) is 0 Å². The summed E-state index contributed by atoms with van der Waals surface area (Å²) in [6.07, 6.45) is 2.02. The lowest BCUT2D eigenvalue weighted by atomic mass is 10.2. The number of hydrogen-bond donors (Lipinski definition) is 1. The summed E-state index contributed by atoms with van der Waals surface area (Å²) in [5, 5.41) is 10.9. The molecule has 3 heterocycles. The second-order valence-electron chi connectivity index (χ2n) is 5.20. The van der Waals surface area contributed by atoms with Crippen LogP contribution in [0.1, 0.15) is 46.8 Å². The SMILES string of the molecule is Cc1cc(CN(C)C(=O)c2noc(C3CCCN3)n2)no1. The fourth-order valence-corrected chi connectivity index (χ4v) is 2.34. The van der Waals surface area contributed by atoms with Gasteiger partial charge in [0.2, 0.25) is 5.89 Å². The quantitative estimate of drug-likeness (QED) is 0.899. The molecule has 0 aromatic carbocycles. The van der Waals surface area contributed by atoms with Crippen LogP contribution in [0.3, 0.4) is 0 Å². The molecule has 0 bridgehead atoms. The second kappa shape index (κ2) is 5.65. The molecule has 0 spiro atoms. The van der Waals surface area contributed by atoms with Crippen LogP contribution >= 0.6 is 0 Å². The zero-order valence-electron chi connectivity index (χ0n) is 12.0. The Bertz CT molecular complexity index is 629. The first-order valence-electron chi connectivity index (χ1n) is 6.88. The van der Waals surface area contributed by atoms with Gasteiger partial charge in [-0.2, -0.15) is 4.98 Å². The summed E-state index contributed by atoms with van der Waals surface area (Å²) in [7, 11) is 1.66. The molecule has 2 aromatic heterocycles. The molecular formula is C13H17N5O3. The van der Waals surface area contributed by atoms with E-state index >= 15 is 0 Å². The van der Waals surface area contributed by atoms with Gasteiger partial charge in [-0.25, -0.2) is 0 Å². The molecule has 1 aliphatic heterocycles. The number of rotatable bonds is 4. The van der Waals surface area contributed by atoms with Crippen LogP contribution < -0.4 is 5.32 Å². The van der Waals surface area contributed by atoms with Gasteiger partial charge < -0.3 is 19.3 Å². The number of aromatic nitrogens is 3. The van der Waals surface area contributed by atoms with Crippen LogP contribution in [0.15, 0.2) is 15.1 Å². The third-order valence-electron chi connectivity index (χ3n) is 3.41. The smallest absolute Gasteiger partial charge is 0.295 e. The summed E-state index contributed by atoms with van der Waals surface area (Å²) in [5.41, 5.74) is 0.685.